The van der Waals surface area contributed by atoms with Crippen LogP contribution in [0.1, 0.15) is 11.3 Å². The summed E-state index contributed by atoms with van der Waals surface area (Å²) in [4.78, 5) is 6.85. The van der Waals surface area contributed by atoms with Gasteiger partial charge < -0.3 is 5.73 Å². The van der Waals surface area contributed by atoms with Crippen LogP contribution in [0, 0.1) is 12.7 Å². The highest BCUT2D eigenvalue weighted by atomic mass is 19.4. The molecular weight excluding hydrogens is 262 g/mol. The highest BCUT2D eigenvalue weighted by Gasteiger charge is 2.33. The van der Waals surface area contributed by atoms with Crippen LogP contribution in [0.15, 0.2) is 24.3 Å². The van der Waals surface area contributed by atoms with Gasteiger partial charge >= 0.3 is 6.18 Å². The number of rotatable bonds is 1. The third-order valence-electron chi connectivity index (χ3n) is 2.58. The van der Waals surface area contributed by atoms with Crippen LogP contribution in [0.5, 0.6) is 0 Å². The minimum Gasteiger partial charge on any atom is -0.368 e. The van der Waals surface area contributed by atoms with Crippen LogP contribution >= 0.6 is 0 Å². The Morgan fingerprint density at radius 2 is 1.84 bits per heavy atom. The Morgan fingerprint density at radius 3 is 2.47 bits per heavy atom. The van der Waals surface area contributed by atoms with E-state index in [0.29, 0.717) is 0 Å². The van der Waals surface area contributed by atoms with Crippen LogP contribution in [0.2, 0.25) is 0 Å². The average molecular weight is 271 g/mol. The fourth-order valence-electron chi connectivity index (χ4n) is 1.63. The molecule has 2 rings (SSSR count). The lowest BCUT2D eigenvalue weighted by molar-refractivity contribution is -0.141. The van der Waals surface area contributed by atoms with Crippen LogP contribution < -0.4 is 5.73 Å². The second-order valence-electron chi connectivity index (χ2n) is 3.91. The number of anilines is 1. The van der Waals surface area contributed by atoms with E-state index in [0.717, 1.165) is 6.07 Å². The van der Waals surface area contributed by atoms with Crippen molar-refractivity contribution in [3.8, 4) is 11.3 Å². The van der Waals surface area contributed by atoms with Crippen molar-refractivity contribution in [1.29, 1.82) is 0 Å². The molecule has 0 aliphatic rings. The molecule has 19 heavy (non-hydrogen) atoms. The van der Waals surface area contributed by atoms with Crippen molar-refractivity contribution >= 4 is 5.95 Å². The highest BCUT2D eigenvalue weighted by molar-refractivity contribution is 5.64. The van der Waals surface area contributed by atoms with Crippen molar-refractivity contribution in [1.82, 2.24) is 9.97 Å². The Morgan fingerprint density at radius 1 is 1.16 bits per heavy atom. The molecule has 3 nitrogen and oxygen atoms in total. The normalized spacial score (nSPS) is 11.6. The molecule has 1 aromatic heterocycles. The SMILES string of the molecule is Cc1c(F)cccc1-c1cc(C(F)(F)F)nc(N)n1. The predicted octanol–water partition coefficient (Wildman–Crippen LogP) is 3.19. The van der Waals surface area contributed by atoms with Crippen molar-refractivity contribution in [3.63, 3.8) is 0 Å². The smallest absolute Gasteiger partial charge is 0.368 e. The number of nitrogens with zero attached hydrogens (tertiary/aromatic N) is 2. The van der Waals surface area contributed by atoms with Gasteiger partial charge in [0.15, 0.2) is 5.69 Å². The molecule has 0 radical (unpaired) electrons. The van der Waals surface area contributed by atoms with Crippen molar-refractivity contribution in [2.75, 3.05) is 5.73 Å². The Balaban J connectivity index is 2.63. The molecule has 0 aliphatic carbocycles. The largest absolute Gasteiger partial charge is 0.433 e. The molecule has 0 fully saturated rings. The van der Waals surface area contributed by atoms with Gasteiger partial charge in [-0.05, 0) is 24.6 Å². The Kier molecular flexibility index (Phi) is 3.13. The van der Waals surface area contributed by atoms with Gasteiger partial charge in [-0.2, -0.15) is 13.2 Å². The van der Waals surface area contributed by atoms with Gasteiger partial charge in [0.25, 0.3) is 0 Å². The molecule has 1 aromatic carbocycles. The molecule has 0 saturated heterocycles. The lowest BCUT2D eigenvalue weighted by Crippen LogP contribution is -2.11. The minimum absolute atomic E-state index is 0.0585. The Labute approximate surface area is 106 Å². The maximum absolute atomic E-state index is 13.4. The van der Waals surface area contributed by atoms with E-state index in [1.54, 1.807) is 0 Å². The summed E-state index contributed by atoms with van der Waals surface area (Å²) in [6.07, 6.45) is -4.63. The molecule has 0 bridgehead atoms. The summed E-state index contributed by atoms with van der Waals surface area (Å²) >= 11 is 0. The summed E-state index contributed by atoms with van der Waals surface area (Å²) in [6.45, 7) is 1.45. The Hall–Kier alpha value is -2.18. The van der Waals surface area contributed by atoms with Crippen LogP contribution in [0.25, 0.3) is 11.3 Å². The number of nitrogens with two attached hydrogens (primary N) is 1. The second kappa shape index (κ2) is 4.49. The van der Waals surface area contributed by atoms with E-state index in [1.807, 2.05) is 0 Å². The van der Waals surface area contributed by atoms with E-state index in [2.05, 4.69) is 9.97 Å². The molecule has 2 aromatic rings. The first-order valence-electron chi connectivity index (χ1n) is 5.26. The van der Waals surface area contributed by atoms with E-state index >= 15 is 0 Å². The lowest BCUT2D eigenvalue weighted by atomic mass is 10.0. The first kappa shape index (κ1) is 13.3. The summed E-state index contributed by atoms with van der Waals surface area (Å²) in [6, 6.07) is 4.83. The molecule has 2 N–H and O–H groups in total. The van der Waals surface area contributed by atoms with E-state index in [9.17, 15) is 17.6 Å². The predicted molar refractivity (Wildman–Crippen MR) is 61.6 cm³/mol. The summed E-state index contributed by atoms with van der Waals surface area (Å²) in [5, 5.41) is 0. The molecule has 7 heteroatoms. The van der Waals surface area contributed by atoms with E-state index < -0.39 is 23.6 Å². The maximum atomic E-state index is 13.4. The van der Waals surface area contributed by atoms with Gasteiger partial charge in [-0.25, -0.2) is 14.4 Å². The zero-order valence-corrected chi connectivity index (χ0v) is 9.79. The molecule has 100 valence electrons. The first-order chi connectivity index (χ1) is 8.79. The molecule has 0 aliphatic heterocycles. The quantitative estimate of drug-likeness (QED) is 0.810. The number of aromatic nitrogens is 2. The van der Waals surface area contributed by atoms with Gasteiger partial charge in [0.05, 0.1) is 5.69 Å². The van der Waals surface area contributed by atoms with Crippen molar-refractivity contribution < 1.29 is 17.6 Å². The third kappa shape index (κ3) is 2.64. The lowest BCUT2D eigenvalue weighted by Gasteiger charge is -2.10. The van der Waals surface area contributed by atoms with Gasteiger partial charge in [0.1, 0.15) is 5.82 Å². The van der Waals surface area contributed by atoms with Gasteiger partial charge in [-0.3, -0.25) is 0 Å². The number of halogens is 4. The molecular formula is C12H9F4N3. The van der Waals surface area contributed by atoms with Gasteiger partial charge in [0, 0.05) is 5.56 Å². The van der Waals surface area contributed by atoms with Gasteiger partial charge in [-0.15, -0.1) is 0 Å². The van der Waals surface area contributed by atoms with E-state index in [-0.39, 0.29) is 16.8 Å². The second-order valence-corrected chi connectivity index (χ2v) is 3.91. The molecule has 0 amide bonds. The maximum Gasteiger partial charge on any atom is 0.433 e. The Bertz CT molecular complexity index is 623. The standard InChI is InChI=1S/C12H9F4N3/c1-6-7(3-2-4-8(6)13)9-5-10(12(14,15)16)19-11(17)18-9/h2-5H,1H3,(H2,17,18,19). The van der Waals surface area contributed by atoms with Crippen LogP contribution in [0.4, 0.5) is 23.5 Å². The summed E-state index contributed by atoms with van der Waals surface area (Å²) in [7, 11) is 0. The van der Waals surface area contributed by atoms with E-state index in [4.69, 9.17) is 5.73 Å². The van der Waals surface area contributed by atoms with Crippen molar-refractivity contribution in [2.24, 2.45) is 0 Å². The van der Waals surface area contributed by atoms with Crippen molar-refractivity contribution in [2.45, 2.75) is 13.1 Å². The van der Waals surface area contributed by atoms with Crippen LogP contribution in [0.3, 0.4) is 0 Å². The number of hydrogen-bond acceptors (Lipinski definition) is 3. The number of nitrogen functional groups attached to an aromatic ring is 1. The number of hydrogen-bond donors (Lipinski definition) is 1. The van der Waals surface area contributed by atoms with E-state index in [1.165, 1.54) is 25.1 Å². The summed E-state index contributed by atoms with van der Waals surface area (Å²) in [5.41, 5.74) is 4.51. The number of alkyl halides is 3. The summed E-state index contributed by atoms with van der Waals surface area (Å²) < 4.78 is 51.3. The molecule has 0 unspecified atom stereocenters. The molecule has 0 spiro atoms. The van der Waals surface area contributed by atoms with Gasteiger partial charge in [0.2, 0.25) is 5.95 Å². The number of benzene rings is 1. The van der Waals surface area contributed by atoms with Crippen molar-refractivity contribution in [3.05, 3.63) is 41.3 Å². The fraction of sp³-hybridized carbons (Fsp3) is 0.167. The molecule has 0 atom stereocenters. The molecule has 0 saturated carbocycles. The molecule has 1 heterocycles. The van der Waals surface area contributed by atoms with Crippen LogP contribution in [-0.4, -0.2) is 9.97 Å². The highest BCUT2D eigenvalue weighted by Crippen LogP contribution is 2.31. The summed E-state index contributed by atoms with van der Waals surface area (Å²) in [5.74, 6) is -1.03. The average Bonchev–Trinajstić information content (AvgIpc) is 2.31. The zero-order valence-electron chi connectivity index (χ0n) is 9.79. The van der Waals surface area contributed by atoms with Gasteiger partial charge in [-0.1, -0.05) is 12.1 Å². The topological polar surface area (TPSA) is 51.8 Å². The third-order valence-corrected chi connectivity index (χ3v) is 2.58. The zero-order chi connectivity index (χ0) is 14.2. The first-order valence-corrected chi connectivity index (χ1v) is 5.26. The fourth-order valence-corrected chi connectivity index (χ4v) is 1.63. The monoisotopic (exact) mass is 271 g/mol. The van der Waals surface area contributed by atoms with Crippen LogP contribution in [-0.2, 0) is 6.18 Å². The minimum atomic E-state index is -4.63.